The van der Waals surface area contributed by atoms with Gasteiger partial charge in [0.1, 0.15) is 0 Å². The van der Waals surface area contributed by atoms with E-state index in [2.05, 4.69) is 4.72 Å². The number of nitrogens with one attached hydrogen (secondary N) is 1. The molecule has 1 atom stereocenters. The highest BCUT2D eigenvalue weighted by Crippen LogP contribution is 2.39. The number of rotatable bonds is 6. The van der Waals surface area contributed by atoms with Crippen LogP contribution in [-0.4, -0.2) is 50.8 Å². The van der Waals surface area contributed by atoms with Crippen LogP contribution >= 0.6 is 0 Å². The number of amides is 2. The molecule has 1 aromatic rings. The fourth-order valence-corrected chi connectivity index (χ4v) is 5.22. The highest BCUT2D eigenvalue weighted by molar-refractivity contribution is 7.89. The topological polar surface area (TPSA) is 86.8 Å². The van der Waals surface area contributed by atoms with Gasteiger partial charge < -0.3 is 9.80 Å². The molecule has 28 heavy (non-hydrogen) atoms. The summed E-state index contributed by atoms with van der Waals surface area (Å²) in [6, 6.07) is 5.00. The Morgan fingerprint density at radius 3 is 2.57 bits per heavy atom. The standard InChI is InChI=1S/C20H27N3O4S/c1-14-12-16-13-17(6-7-18(16)23(14)20(25)15-4-5-15)28(26,27)21-9-8-19(24)22-10-2-3-11-22/h6-7,13-15,21H,2-5,8-12H2,1H3/t14-/m1/s1. The van der Waals surface area contributed by atoms with E-state index in [9.17, 15) is 18.0 Å². The van der Waals surface area contributed by atoms with Crippen molar-refractivity contribution in [2.24, 2.45) is 5.92 Å². The lowest BCUT2D eigenvalue weighted by Gasteiger charge is -2.22. The molecule has 2 aliphatic heterocycles. The van der Waals surface area contributed by atoms with Gasteiger partial charge in [-0.25, -0.2) is 13.1 Å². The van der Waals surface area contributed by atoms with Gasteiger partial charge in [0.25, 0.3) is 0 Å². The maximum Gasteiger partial charge on any atom is 0.240 e. The van der Waals surface area contributed by atoms with Crippen LogP contribution in [0.2, 0.25) is 0 Å². The first-order valence-corrected chi connectivity index (χ1v) is 11.6. The Balaban J connectivity index is 1.42. The summed E-state index contributed by atoms with van der Waals surface area (Å²) in [6.45, 7) is 3.63. The molecule has 8 heteroatoms. The van der Waals surface area contributed by atoms with Crippen molar-refractivity contribution < 1.29 is 18.0 Å². The summed E-state index contributed by atoms with van der Waals surface area (Å²) in [6.07, 6.45) is 4.76. The van der Waals surface area contributed by atoms with Crippen LogP contribution in [0.5, 0.6) is 0 Å². The average Bonchev–Trinajstić information content (AvgIpc) is 3.25. The number of fused-ring (bicyclic) bond motifs is 1. The van der Waals surface area contributed by atoms with Crippen LogP contribution in [0.15, 0.2) is 23.1 Å². The van der Waals surface area contributed by atoms with Crippen molar-refractivity contribution in [3.8, 4) is 0 Å². The van der Waals surface area contributed by atoms with Crippen molar-refractivity contribution in [3.63, 3.8) is 0 Å². The molecule has 2 heterocycles. The number of nitrogens with zero attached hydrogens (tertiary/aromatic N) is 2. The Hall–Kier alpha value is -1.93. The second-order valence-corrected chi connectivity index (χ2v) is 9.83. The molecule has 1 aliphatic carbocycles. The van der Waals surface area contributed by atoms with Crippen molar-refractivity contribution in [1.29, 1.82) is 0 Å². The minimum absolute atomic E-state index is 0.00258. The molecule has 4 rings (SSSR count). The van der Waals surface area contributed by atoms with Gasteiger partial charge in [0.05, 0.1) is 4.90 Å². The van der Waals surface area contributed by atoms with Crippen molar-refractivity contribution in [3.05, 3.63) is 23.8 Å². The van der Waals surface area contributed by atoms with Gasteiger partial charge in [-0.2, -0.15) is 0 Å². The molecule has 152 valence electrons. The van der Waals surface area contributed by atoms with Crippen LogP contribution < -0.4 is 9.62 Å². The molecule has 0 bridgehead atoms. The van der Waals surface area contributed by atoms with Crippen LogP contribution in [0.3, 0.4) is 0 Å². The smallest absolute Gasteiger partial charge is 0.240 e. The molecule has 2 amide bonds. The zero-order chi connectivity index (χ0) is 19.9. The van der Waals surface area contributed by atoms with Crippen LogP contribution in [0.25, 0.3) is 0 Å². The lowest BCUT2D eigenvalue weighted by molar-refractivity contribution is -0.130. The SMILES string of the molecule is C[C@@H]1Cc2cc(S(=O)(=O)NCCC(=O)N3CCCC3)ccc2N1C(=O)C1CC1. The lowest BCUT2D eigenvalue weighted by Crippen LogP contribution is -2.36. The molecule has 1 saturated carbocycles. The van der Waals surface area contributed by atoms with E-state index < -0.39 is 10.0 Å². The first-order chi connectivity index (χ1) is 13.4. The van der Waals surface area contributed by atoms with Gasteiger partial charge in [-0.3, -0.25) is 9.59 Å². The monoisotopic (exact) mass is 405 g/mol. The number of benzene rings is 1. The Morgan fingerprint density at radius 1 is 1.18 bits per heavy atom. The zero-order valence-electron chi connectivity index (χ0n) is 16.2. The molecule has 1 aromatic carbocycles. The number of anilines is 1. The molecule has 2 fully saturated rings. The Kier molecular flexibility index (Phi) is 5.18. The van der Waals surface area contributed by atoms with Crippen LogP contribution in [0.1, 0.15) is 44.6 Å². The molecular formula is C20H27N3O4S. The van der Waals surface area contributed by atoms with Crippen molar-refractivity contribution >= 4 is 27.5 Å². The normalized spacial score (nSPS) is 21.8. The van der Waals surface area contributed by atoms with Crippen LogP contribution in [0, 0.1) is 5.92 Å². The second-order valence-electron chi connectivity index (χ2n) is 8.06. The number of hydrogen-bond donors (Lipinski definition) is 1. The molecule has 1 saturated heterocycles. The number of sulfonamides is 1. The van der Waals surface area contributed by atoms with Gasteiger partial charge in [0, 0.05) is 43.7 Å². The molecule has 7 nitrogen and oxygen atoms in total. The van der Waals surface area contributed by atoms with E-state index in [-0.39, 0.29) is 41.6 Å². The third-order valence-electron chi connectivity index (χ3n) is 5.83. The minimum Gasteiger partial charge on any atom is -0.343 e. The van der Waals surface area contributed by atoms with Gasteiger partial charge in [0.2, 0.25) is 21.8 Å². The Bertz CT molecular complexity index is 889. The van der Waals surface area contributed by atoms with Gasteiger partial charge >= 0.3 is 0 Å². The van der Waals surface area contributed by atoms with Crippen LogP contribution in [0.4, 0.5) is 5.69 Å². The van der Waals surface area contributed by atoms with E-state index in [1.54, 1.807) is 23.1 Å². The third-order valence-corrected chi connectivity index (χ3v) is 7.29. The van der Waals surface area contributed by atoms with Crippen molar-refractivity contribution in [2.75, 3.05) is 24.5 Å². The summed E-state index contributed by atoms with van der Waals surface area (Å²) in [4.78, 5) is 28.4. The maximum atomic E-state index is 12.6. The Morgan fingerprint density at radius 2 is 1.89 bits per heavy atom. The Labute approximate surface area is 166 Å². The zero-order valence-corrected chi connectivity index (χ0v) is 17.0. The summed E-state index contributed by atoms with van der Waals surface area (Å²) in [7, 11) is -3.68. The molecule has 1 N–H and O–H groups in total. The van der Waals surface area contributed by atoms with Crippen molar-refractivity contribution in [2.45, 2.75) is 56.4 Å². The number of carbonyl (C=O) groups excluding carboxylic acids is 2. The minimum atomic E-state index is -3.68. The summed E-state index contributed by atoms with van der Waals surface area (Å²) in [5.74, 6) is 0.282. The highest BCUT2D eigenvalue weighted by Gasteiger charge is 2.39. The van der Waals surface area contributed by atoms with E-state index in [1.807, 2.05) is 11.8 Å². The molecule has 0 spiro atoms. The maximum absolute atomic E-state index is 12.6. The van der Waals surface area contributed by atoms with Crippen LogP contribution in [-0.2, 0) is 26.0 Å². The fourth-order valence-electron chi connectivity index (χ4n) is 4.14. The van der Waals surface area contributed by atoms with Gasteiger partial charge in [0.15, 0.2) is 0 Å². The lowest BCUT2D eigenvalue weighted by atomic mass is 10.1. The summed E-state index contributed by atoms with van der Waals surface area (Å²) in [5, 5.41) is 0. The number of likely N-dealkylation sites (tertiary alicyclic amines) is 1. The molecule has 0 unspecified atom stereocenters. The van der Waals surface area contributed by atoms with E-state index in [0.29, 0.717) is 6.42 Å². The summed E-state index contributed by atoms with van der Waals surface area (Å²) >= 11 is 0. The van der Waals surface area contributed by atoms with Gasteiger partial charge in [-0.05, 0) is 62.8 Å². The third kappa shape index (κ3) is 3.80. The predicted molar refractivity (Wildman–Crippen MR) is 105 cm³/mol. The van der Waals surface area contributed by atoms with Crippen molar-refractivity contribution in [1.82, 2.24) is 9.62 Å². The fraction of sp³-hybridized carbons (Fsp3) is 0.600. The summed E-state index contributed by atoms with van der Waals surface area (Å²) in [5.41, 5.74) is 1.71. The quantitative estimate of drug-likeness (QED) is 0.780. The van der Waals surface area contributed by atoms with E-state index in [1.165, 1.54) is 0 Å². The van der Waals surface area contributed by atoms with E-state index in [0.717, 1.165) is 50.0 Å². The van der Waals surface area contributed by atoms with E-state index in [4.69, 9.17) is 0 Å². The first-order valence-electron chi connectivity index (χ1n) is 10.1. The first kappa shape index (κ1) is 19.4. The molecule has 0 aromatic heterocycles. The number of hydrogen-bond acceptors (Lipinski definition) is 4. The predicted octanol–water partition coefficient (Wildman–Crippen LogP) is 1.66. The number of carbonyl (C=O) groups is 2. The molecule has 0 radical (unpaired) electrons. The van der Waals surface area contributed by atoms with E-state index >= 15 is 0 Å². The summed E-state index contributed by atoms with van der Waals surface area (Å²) < 4.78 is 27.8. The largest absolute Gasteiger partial charge is 0.343 e. The average molecular weight is 406 g/mol. The van der Waals surface area contributed by atoms with Gasteiger partial charge in [-0.15, -0.1) is 0 Å². The van der Waals surface area contributed by atoms with Gasteiger partial charge in [-0.1, -0.05) is 0 Å². The highest BCUT2D eigenvalue weighted by atomic mass is 32.2. The second kappa shape index (κ2) is 7.48. The molecule has 3 aliphatic rings. The molecular weight excluding hydrogens is 378 g/mol.